The van der Waals surface area contributed by atoms with E-state index < -0.39 is 11.9 Å². The van der Waals surface area contributed by atoms with Gasteiger partial charge in [0.25, 0.3) is 0 Å². The van der Waals surface area contributed by atoms with E-state index >= 15 is 0 Å². The molecule has 1 aliphatic heterocycles. The number of carbonyl (C=O) groups is 2. The maximum atomic E-state index is 11.6. The molecule has 82 valence electrons. The van der Waals surface area contributed by atoms with Crippen LogP contribution in [0.25, 0.3) is 0 Å². The second-order valence-corrected chi connectivity index (χ2v) is 3.55. The first kappa shape index (κ1) is 11.5. The molecule has 5 nitrogen and oxygen atoms in total. The normalized spacial score (nSPS) is 21.7. The van der Waals surface area contributed by atoms with E-state index in [1.165, 1.54) is 0 Å². The molecule has 0 aromatic carbocycles. The average molecular weight is 209 g/mol. The Hall–Kier alpha value is -1.54. The number of amides is 2. The molecule has 1 saturated heterocycles. The molecule has 0 aromatic heterocycles. The number of primary amides is 1. The van der Waals surface area contributed by atoms with Crippen LogP contribution < -0.4 is 16.4 Å². The molecule has 1 heterocycles. The van der Waals surface area contributed by atoms with Crippen molar-refractivity contribution in [3.05, 3.63) is 0 Å². The predicted octanol–water partition coefficient (Wildman–Crippen LogP) is -1.27. The first-order valence-corrected chi connectivity index (χ1v) is 4.91. The van der Waals surface area contributed by atoms with Gasteiger partial charge in [-0.25, -0.2) is 0 Å². The Morgan fingerprint density at radius 2 is 2.40 bits per heavy atom. The van der Waals surface area contributed by atoms with Crippen LogP contribution in [0.3, 0.4) is 0 Å². The van der Waals surface area contributed by atoms with Gasteiger partial charge >= 0.3 is 0 Å². The molecule has 0 aliphatic carbocycles. The molecular weight excluding hydrogens is 194 g/mol. The Kier molecular flexibility index (Phi) is 4.13. The van der Waals surface area contributed by atoms with Crippen LogP contribution >= 0.6 is 0 Å². The van der Waals surface area contributed by atoms with Crippen molar-refractivity contribution in [1.29, 1.82) is 0 Å². The summed E-state index contributed by atoms with van der Waals surface area (Å²) in [6.07, 6.45) is 6.94. The summed E-state index contributed by atoms with van der Waals surface area (Å²) in [6, 6.07) is -0.786. The summed E-state index contributed by atoms with van der Waals surface area (Å²) in [5.74, 6) is 1.66. The monoisotopic (exact) mass is 209 g/mol. The van der Waals surface area contributed by atoms with Crippen LogP contribution in [0.4, 0.5) is 0 Å². The topological polar surface area (TPSA) is 84.2 Å². The van der Waals surface area contributed by atoms with E-state index in [0.29, 0.717) is 0 Å². The minimum Gasteiger partial charge on any atom is -0.370 e. The first-order chi connectivity index (χ1) is 7.13. The van der Waals surface area contributed by atoms with Crippen molar-refractivity contribution in [2.75, 3.05) is 6.54 Å². The molecule has 1 rings (SSSR count). The summed E-state index contributed by atoms with van der Waals surface area (Å²) in [5, 5.41) is 5.64. The molecular formula is C10H15N3O2. The highest BCUT2D eigenvalue weighted by Gasteiger charge is 2.23. The number of nitrogens with two attached hydrogens (primary N) is 1. The van der Waals surface area contributed by atoms with Crippen LogP contribution in [-0.2, 0) is 9.59 Å². The second-order valence-electron chi connectivity index (χ2n) is 3.55. The second kappa shape index (κ2) is 5.37. The molecule has 0 bridgehead atoms. The number of carbonyl (C=O) groups excluding carboxylic acids is 2. The molecule has 2 amide bonds. The summed E-state index contributed by atoms with van der Waals surface area (Å²) < 4.78 is 0. The SMILES string of the molecule is C#C[C@H](CC(N)=O)NC(=O)[C@@H]1CCCN1. The van der Waals surface area contributed by atoms with Crippen LogP contribution in [0.15, 0.2) is 0 Å². The van der Waals surface area contributed by atoms with Crippen molar-refractivity contribution in [3.63, 3.8) is 0 Å². The van der Waals surface area contributed by atoms with Crippen molar-refractivity contribution in [2.24, 2.45) is 5.73 Å². The maximum Gasteiger partial charge on any atom is 0.238 e. The highest BCUT2D eigenvalue weighted by Crippen LogP contribution is 2.05. The van der Waals surface area contributed by atoms with Crippen LogP contribution in [0.2, 0.25) is 0 Å². The van der Waals surface area contributed by atoms with E-state index in [0.717, 1.165) is 19.4 Å². The third-order valence-corrected chi connectivity index (χ3v) is 2.30. The lowest BCUT2D eigenvalue weighted by Crippen LogP contribution is -2.45. The molecule has 0 unspecified atom stereocenters. The molecule has 5 heteroatoms. The molecule has 0 saturated carbocycles. The van der Waals surface area contributed by atoms with E-state index in [2.05, 4.69) is 16.6 Å². The minimum absolute atomic E-state index is 0.0189. The summed E-state index contributed by atoms with van der Waals surface area (Å²) >= 11 is 0. The number of rotatable bonds is 4. The predicted molar refractivity (Wildman–Crippen MR) is 55.6 cm³/mol. The summed E-state index contributed by atoms with van der Waals surface area (Å²) in [6.45, 7) is 0.842. The maximum absolute atomic E-state index is 11.6. The van der Waals surface area contributed by atoms with Crippen LogP contribution in [0.1, 0.15) is 19.3 Å². The molecule has 1 fully saturated rings. The number of hydrogen-bond acceptors (Lipinski definition) is 3. The van der Waals surface area contributed by atoms with Crippen molar-refractivity contribution in [1.82, 2.24) is 10.6 Å². The summed E-state index contributed by atoms with van der Waals surface area (Å²) in [5.41, 5.74) is 5.00. The summed E-state index contributed by atoms with van der Waals surface area (Å²) in [4.78, 5) is 22.2. The largest absolute Gasteiger partial charge is 0.370 e. The van der Waals surface area contributed by atoms with Crippen LogP contribution in [0.5, 0.6) is 0 Å². The lowest BCUT2D eigenvalue weighted by molar-refractivity contribution is -0.123. The number of nitrogens with one attached hydrogen (secondary N) is 2. The van der Waals surface area contributed by atoms with Crippen LogP contribution in [-0.4, -0.2) is 30.4 Å². The van der Waals surface area contributed by atoms with E-state index in [4.69, 9.17) is 12.2 Å². The Morgan fingerprint density at radius 1 is 1.67 bits per heavy atom. The molecule has 4 N–H and O–H groups in total. The molecule has 0 spiro atoms. The third kappa shape index (κ3) is 3.60. The lowest BCUT2D eigenvalue weighted by Gasteiger charge is -2.15. The van der Waals surface area contributed by atoms with Crippen molar-refractivity contribution in [3.8, 4) is 12.3 Å². The zero-order valence-corrected chi connectivity index (χ0v) is 8.45. The van der Waals surface area contributed by atoms with Gasteiger partial charge in [0, 0.05) is 0 Å². The van der Waals surface area contributed by atoms with Gasteiger partial charge in [0.15, 0.2) is 0 Å². The van der Waals surface area contributed by atoms with Gasteiger partial charge in [0.05, 0.1) is 18.5 Å². The van der Waals surface area contributed by atoms with E-state index in [1.807, 2.05) is 0 Å². The molecule has 15 heavy (non-hydrogen) atoms. The Morgan fingerprint density at radius 3 is 2.87 bits per heavy atom. The molecule has 1 aliphatic rings. The fraction of sp³-hybridized carbons (Fsp3) is 0.600. The highest BCUT2D eigenvalue weighted by atomic mass is 16.2. The highest BCUT2D eigenvalue weighted by molar-refractivity contribution is 5.83. The summed E-state index contributed by atoms with van der Waals surface area (Å²) in [7, 11) is 0. The zero-order valence-electron chi connectivity index (χ0n) is 8.45. The van der Waals surface area contributed by atoms with Gasteiger partial charge in [-0.3, -0.25) is 9.59 Å². The van der Waals surface area contributed by atoms with Gasteiger partial charge in [0.2, 0.25) is 11.8 Å². The first-order valence-electron chi connectivity index (χ1n) is 4.91. The van der Waals surface area contributed by atoms with E-state index in [-0.39, 0.29) is 18.4 Å². The van der Waals surface area contributed by atoms with Gasteiger partial charge in [-0.1, -0.05) is 5.92 Å². The molecule has 2 atom stereocenters. The lowest BCUT2D eigenvalue weighted by atomic mass is 10.1. The minimum atomic E-state index is -0.600. The fourth-order valence-corrected chi connectivity index (χ4v) is 1.53. The molecule has 0 radical (unpaired) electrons. The van der Waals surface area contributed by atoms with Crippen molar-refractivity contribution >= 4 is 11.8 Å². The van der Waals surface area contributed by atoms with Crippen molar-refractivity contribution < 1.29 is 9.59 Å². The smallest absolute Gasteiger partial charge is 0.238 e. The van der Waals surface area contributed by atoms with Gasteiger partial charge in [-0.05, 0) is 19.4 Å². The molecule has 0 aromatic rings. The van der Waals surface area contributed by atoms with Gasteiger partial charge in [-0.15, -0.1) is 6.42 Å². The van der Waals surface area contributed by atoms with Gasteiger partial charge < -0.3 is 16.4 Å². The fourth-order valence-electron chi connectivity index (χ4n) is 1.53. The number of hydrogen-bond donors (Lipinski definition) is 3. The Balaban J connectivity index is 2.41. The van der Waals surface area contributed by atoms with E-state index in [1.54, 1.807) is 0 Å². The third-order valence-electron chi connectivity index (χ3n) is 2.30. The standard InChI is InChI=1S/C10H15N3O2/c1-2-7(6-9(11)14)13-10(15)8-4-3-5-12-8/h1,7-8,12H,3-6H2,(H2,11,14)(H,13,15)/t7-,8+/m1/s1. The van der Waals surface area contributed by atoms with Gasteiger partial charge in [-0.2, -0.15) is 0 Å². The van der Waals surface area contributed by atoms with Gasteiger partial charge in [0.1, 0.15) is 0 Å². The quantitative estimate of drug-likeness (QED) is 0.505. The Labute approximate surface area is 88.8 Å². The van der Waals surface area contributed by atoms with Crippen LogP contribution in [0, 0.1) is 12.3 Å². The zero-order chi connectivity index (χ0) is 11.3. The van der Waals surface area contributed by atoms with Crippen molar-refractivity contribution in [2.45, 2.75) is 31.3 Å². The number of terminal acetylenes is 1. The average Bonchev–Trinajstić information content (AvgIpc) is 2.68. The van der Waals surface area contributed by atoms with E-state index in [9.17, 15) is 9.59 Å². The Bertz CT molecular complexity index is 290.